The normalized spacial score (nSPS) is 11.4. The molecule has 0 radical (unpaired) electrons. The largest absolute Gasteiger partial charge is 0.416 e. The average molecular weight is 300 g/mol. The third-order valence-corrected chi connectivity index (χ3v) is 2.74. The second-order valence-corrected chi connectivity index (χ2v) is 4.18. The van der Waals surface area contributed by atoms with E-state index in [1.54, 1.807) is 23.1 Å². The van der Waals surface area contributed by atoms with Crippen LogP contribution in [0.15, 0.2) is 36.7 Å². The Labute approximate surface area is 117 Å². The number of hydrogen-bond acceptors (Lipinski definition) is 4. The Morgan fingerprint density at radius 1 is 1.38 bits per heavy atom. The van der Waals surface area contributed by atoms with Crippen LogP contribution in [0.25, 0.3) is 0 Å². The van der Waals surface area contributed by atoms with Crippen LogP contribution >= 0.6 is 0 Å². The number of anilines is 1. The third kappa shape index (κ3) is 3.71. The molecule has 0 saturated heterocycles. The van der Waals surface area contributed by atoms with E-state index in [9.17, 15) is 23.3 Å². The summed E-state index contributed by atoms with van der Waals surface area (Å²) in [7, 11) is 0. The van der Waals surface area contributed by atoms with Crippen LogP contribution in [0, 0.1) is 10.1 Å². The molecule has 21 heavy (non-hydrogen) atoms. The molecule has 0 aliphatic carbocycles. The zero-order valence-corrected chi connectivity index (χ0v) is 10.7. The molecule has 0 bridgehead atoms. The van der Waals surface area contributed by atoms with E-state index in [0.717, 1.165) is 12.1 Å². The lowest BCUT2D eigenvalue weighted by Gasteiger charge is -2.10. The van der Waals surface area contributed by atoms with Crippen LogP contribution in [0.5, 0.6) is 0 Å². The summed E-state index contributed by atoms with van der Waals surface area (Å²) < 4.78 is 39.2. The highest BCUT2D eigenvalue weighted by Gasteiger charge is 2.32. The van der Waals surface area contributed by atoms with Crippen molar-refractivity contribution in [2.24, 2.45) is 0 Å². The fourth-order valence-electron chi connectivity index (χ4n) is 1.75. The number of nitro benzene ring substituents is 1. The average Bonchev–Trinajstić information content (AvgIpc) is 2.90. The van der Waals surface area contributed by atoms with Gasteiger partial charge in [0.2, 0.25) is 0 Å². The lowest BCUT2D eigenvalue weighted by Crippen LogP contribution is -2.12. The number of hydrogen-bond donors (Lipinski definition) is 1. The molecule has 112 valence electrons. The first-order valence-corrected chi connectivity index (χ1v) is 5.95. The maximum absolute atomic E-state index is 12.5. The second kappa shape index (κ2) is 5.81. The molecule has 0 aliphatic heterocycles. The van der Waals surface area contributed by atoms with Gasteiger partial charge < -0.3 is 5.32 Å². The van der Waals surface area contributed by atoms with Gasteiger partial charge in [0, 0.05) is 25.0 Å². The standard InChI is InChI=1S/C12H11F3N4O2/c13-12(14,15)9-2-3-10(11(8-9)19(20)21)16-5-7-18-6-1-4-17-18/h1-4,6,8,16H,5,7H2. The molecule has 0 aliphatic rings. The van der Waals surface area contributed by atoms with E-state index in [1.807, 2.05) is 0 Å². The second-order valence-electron chi connectivity index (χ2n) is 4.18. The van der Waals surface area contributed by atoms with Gasteiger partial charge in [-0.1, -0.05) is 0 Å². The number of nitrogens with zero attached hydrogens (tertiary/aromatic N) is 3. The van der Waals surface area contributed by atoms with Crippen molar-refractivity contribution in [1.29, 1.82) is 0 Å². The van der Waals surface area contributed by atoms with Crippen LogP contribution in [-0.4, -0.2) is 21.2 Å². The van der Waals surface area contributed by atoms with Crippen LogP contribution in [0.2, 0.25) is 0 Å². The number of rotatable bonds is 5. The van der Waals surface area contributed by atoms with Gasteiger partial charge in [-0.15, -0.1) is 0 Å². The van der Waals surface area contributed by atoms with Gasteiger partial charge in [-0.25, -0.2) is 0 Å². The number of alkyl halides is 3. The molecule has 9 heteroatoms. The van der Waals surface area contributed by atoms with Crippen LogP contribution in [0.1, 0.15) is 5.56 Å². The van der Waals surface area contributed by atoms with E-state index >= 15 is 0 Å². The van der Waals surface area contributed by atoms with E-state index in [1.165, 1.54) is 0 Å². The first-order valence-electron chi connectivity index (χ1n) is 5.95. The van der Waals surface area contributed by atoms with Crippen molar-refractivity contribution in [1.82, 2.24) is 9.78 Å². The lowest BCUT2D eigenvalue weighted by atomic mass is 10.1. The van der Waals surface area contributed by atoms with Gasteiger partial charge in [-0.3, -0.25) is 14.8 Å². The lowest BCUT2D eigenvalue weighted by molar-refractivity contribution is -0.384. The summed E-state index contributed by atoms with van der Waals surface area (Å²) in [5.41, 5.74) is -1.61. The van der Waals surface area contributed by atoms with Gasteiger partial charge in [0.05, 0.1) is 17.0 Å². The van der Waals surface area contributed by atoms with Gasteiger partial charge in [-0.2, -0.15) is 18.3 Å². The predicted molar refractivity (Wildman–Crippen MR) is 68.8 cm³/mol. The van der Waals surface area contributed by atoms with E-state index in [2.05, 4.69) is 10.4 Å². The molecule has 0 atom stereocenters. The number of benzene rings is 1. The zero-order valence-electron chi connectivity index (χ0n) is 10.7. The smallest absolute Gasteiger partial charge is 0.378 e. The minimum atomic E-state index is -4.61. The minimum Gasteiger partial charge on any atom is -0.378 e. The van der Waals surface area contributed by atoms with E-state index in [-0.39, 0.29) is 5.69 Å². The molecule has 0 amide bonds. The van der Waals surface area contributed by atoms with E-state index in [4.69, 9.17) is 0 Å². The van der Waals surface area contributed by atoms with Crippen LogP contribution < -0.4 is 5.32 Å². The van der Waals surface area contributed by atoms with Crippen LogP contribution in [-0.2, 0) is 12.7 Å². The molecule has 1 aromatic heterocycles. The Kier molecular flexibility index (Phi) is 4.10. The minimum absolute atomic E-state index is 0.0418. The van der Waals surface area contributed by atoms with Crippen LogP contribution in [0.3, 0.4) is 0 Å². The molecule has 0 unspecified atom stereocenters. The maximum Gasteiger partial charge on any atom is 0.416 e. The van der Waals surface area contributed by atoms with E-state index < -0.39 is 22.4 Å². The summed E-state index contributed by atoms with van der Waals surface area (Å²) in [5.74, 6) is 0. The SMILES string of the molecule is O=[N+]([O-])c1cc(C(F)(F)F)ccc1NCCn1cccn1. The number of nitrogens with one attached hydrogen (secondary N) is 1. The van der Waals surface area contributed by atoms with Crippen molar-refractivity contribution in [3.63, 3.8) is 0 Å². The Morgan fingerprint density at radius 2 is 2.14 bits per heavy atom. The molecular weight excluding hydrogens is 289 g/mol. The highest BCUT2D eigenvalue weighted by atomic mass is 19.4. The van der Waals surface area contributed by atoms with Crippen molar-refractivity contribution < 1.29 is 18.1 Å². The van der Waals surface area contributed by atoms with Crippen molar-refractivity contribution in [3.05, 3.63) is 52.3 Å². The third-order valence-electron chi connectivity index (χ3n) is 2.74. The zero-order chi connectivity index (χ0) is 15.5. The Morgan fingerprint density at radius 3 is 2.71 bits per heavy atom. The number of halogens is 3. The van der Waals surface area contributed by atoms with Gasteiger partial charge in [0.25, 0.3) is 5.69 Å². The summed E-state index contributed by atoms with van der Waals surface area (Å²) in [4.78, 5) is 10.0. The highest BCUT2D eigenvalue weighted by Crippen LogP contribution is 2.34. The van der Waals surface area contributed by atoms with E-state index in [0.29, 0.717) is 19.2 Å². The summed E-state index contributed by atoms with van der Waals surface area (Å²) in [6.45, 7) is 0.735. The fourth-order valence-corrected chi connectivity index (χ4v) is 1.75. The Hall–Kier alpha value is -2.58. The fraction of sp³-hybridized carbons (Fsp3) is 0.250. The molecule has 1 aromatic carbocycles. The van der Waals surface area contributed by atoms with Crippen molar-refractivity contribution in [3.8, 4) is 0 Å². The van der Waals surface area contributed by atoms with Crippen molar-refractivity contribution in [2.45, 2.75) is 12.7 Å². The molecule has 6 nitrogen and oxygen atoms in total. The molecule has 0 saturated carbocycles. The molecule has 1 heterocycles. The summed E-state index contributed by atoms with van der Waals surface area (Å²) in [5, 5.41) is 17.6. The van der Waals surface area contributed by atoms with Crippen molar-refractivity contribution >= 4 is 11.4 Å². The predicted octanol–water partition coefficient (Wildman–Crippen LogP) is 2.92. The quantitative estimate of drug-likeness (QED) is 0.680. The maximum atomic E-state index is 12.5. The number of aromatic nitrogens is 2. The summed E-state index contributed by atoms with van der Waals surface area (Å²) in [6.07, 6.45) is -1.32. The first-order chi connectivity index (χ1) is 9.88. The summed E-state index contributed by atoms with van der Waals surface area (Å²) >= 11 is 0. The highest BCUT2D eigenvalue weighted by molar-refractivity contribution is 5.62. The molecule has 2 aromatic rings. The van der Waals surface area contributed by atoms with Gasteiger partial charge >= 0.3 is 6.18 Å². The molecule has 1 N–H and O–H groups in total. The summed E-state index contributed by atoms with van der Waals surface area (Å²) in [6, 6.07) is 4.12. The molecule has 0 fully saturated rings. The Bertz CT molecular complexity index is 626. The van der Waals surface area contributed by atoms with Crippen molar-refractivity contribution in [2.75, 3.05) is 11.9 Å². The van der Waals surface area contributed by atoms with Gasteiger partial charge in [0.1, 0.15) is 5.69 Å². The molecular formula is C12H11F3N4O2. The molecule has 2 rings (SSSR count). The Balaban J connectivity index is 2.13. The van der Waals surface area contributed by atoms with Gasteiger partial charge in [-0.05, 0) is 18.2 Å². The monoisotopic (exact) mass is 300 g/mol. The first kappa shape index (κ1) is 14.8. The van der Waals surface area contributed by atoms with Gasteiger partial charge in [0.15, 0.2) is 0 Å². The topological polar surface area (TPSA) is 73.0 Å². The van der Waals surface area contributed by atoms with Crippen LogP contribution in [0.4, 0.5) is 24.5 Å². The molecule has 0 spiro atoms. The number of nitro groups is 1.